The predicted molar refractivity (Wildman–Crippen MR) is 122 cm³/mol. The number of anilines is 4. The lowest BCUT2D eigenvalue weighted by Gasteiger charge is -2.30. The number of halogens is 2. The van der Waals surface area contributed by atoms with Crippen LogP contribution in [0.15, 0.2) is 58.5 Å². The van der Waals surface area contributed by atoms with Crippen LogP contribution < -0.4 is 42.5 Å². The van der Waals surface area contributed by atoms with Crippen LogP contribution in [0, 0.1) is 0 Å². The summed E-state index contributed by atoms with van der Waals surface area (Å²) >= 11 is 12.6. The molecule has 10 nitrogen and oxygen atoms in total. The van der Waals surface area contributed by atoms with E-state index >= 15 is 0 Å². The SMILES string of the molecule is ClC1NC2=NC(Nc3cccc(c3)NC3N=C(Nc4cccc(c4)N2)NC(Cl)N3)N1. The topological polar surface area (TPSA) is 121 Å². The van der Waals surface area contributed by atoms with Gasteiger partial charge in [-0.1, -0.05) is 35.3 Å². The first-order valence-electron chi connectivity index (χ1n) is 9.35. The molecule has 0 amide bonds. The average molecular weight is 447 g/mol. The zero-order valence-electron chi connectivity index (χ0n) is 15.6. The van der Waals surface area contributed by atoms with Crippen LogP contribution in [0.5, 0.6) is 0 Å². The lowest BCUT2D eigenvalue weighted by molar-refractivity contribution is 0.502. The van der Waals surface area contributed by atoms with Crippen molar-refractivity contribution in [3.63, 3.8) is 0 Å². The van der Waals surface area contributed by atoms with E-state index in [0.29, 0.717) is 11.9 Å². The van der Waals surface area contributed by atoms with Crippen molar-refractivity contribution in [2.24, 2.45) is 9.98 Å². The lowest BCUT2D eigenvalue weighted by Crippen LogP contribution is -2.56. The molecule has 5 rings (SSSR count). The minimum absolute atomic E-state index is 0.422. The van der Waals surface area contributed by atoms with Crippen LogP contribution in [0.3, 0.4) is 0 Å². The Bertz CT molecular complexity index is 926. The summed E-state index contributed by atoms with van der Waals surface area (Å²) in [6, 6.07) is 15.5. The molecule has 3 aliphatic heterocycles. The molecule has 0 radical (unpaired) electrons. The van der Waals surface area contributed by atoms with Gasteiger partial charge in [0.15, 0.2) is 23.8 Å². The van der Waals surface area contributed by atoms with Gasteiger partial charge in [-0.2, -0.15) is 0 Å². The quantitative estimate of drug-likeness (QED) is 0.227. The molecule has 0 saturated carbocycles. The Labute approximate surface area is 182 Å². The summed E-state index contributed by atoms with van der Waals surface area (Å²) in [5.41, 5.74) is 2.39. The maximum atomic E-state index is 6.31. The van der Waals surface area contributed by atoms with Crippen molar-refractivity contribution in [2.45, 2.75) is 23.8 Å². The zero-order valence-corrected chi connectivity index (χ0v) is 17.1. The molecular formula is C18H20Cl2N10. The molecule has 0 aliphatic carbocycles. The molecule has 0 saturated heterocycles. The Kier molecular flexibility index (Phi) is 5.13. The van der Waals surface area contributed by atoms with Crippen molar-refractivity contribution in [3.8, 4) is 0 Å². The zero-order chi connectivity index (χ0) is 20.5. The van der Waals surface area contributed by atoms with Crippen molar-refractivity contribution in [3.05, 3.63) is 48.5 Å². The van der Waals surface area contributed by atoms with Crippen LogP contribution in [0.25, 0.3) is 0 Å². The Hall–Kier alpha value is -2.92. The van der Waals surface area contributed by atoms with Crippen molar-refractivity contribution < 1.29 is 0 Å². The van der Waals surface area contributed by atoms with Crippen molar-refractivity contribution >= 4 is 57.9 Å². The smallest absolute Gasteiger partial charge is 0.201 e. The fraction of sp³-hybridized carbons (Fsp3) is 0.222. The molecule has 2 aromatic carbocycles. The minimum atomic E-state index is -0.494. The third-order valence-electron chi connectivity index (χ3n) is 4.51. The molecular weight excluding hydrogens is 427 g/mol. The van der Waals surface area contributed by atoms with Crippen LogP contribution in [0.4, 0.5) is 22.7 Å². The number of alkyl halides is 2. The van der Waals surface area contributed by atoms with Gasteiger partial charge in [-0.15, -0.1) is 0 Å². The number of nitrogens with one attached hydrogen (secondary N) is 8. The summed E-state index contributed by atoms with van der Waals surface area (Å²) in [6.07, 6.45) is -0.843. The molecule has 8 bridgehead atoms. The molecule has 3 heterocycles. The van der Waals surface area contributed by atoms with E-state index in [0.717, 1.165) is 22.7 Å². The average Bonchev–Trinajstić information content (AvgIpc) is 2.67. The summed E-state index contributed by atoms with van der Waals surface area (Å²) in [4.78, 5) is 9.23. The van der Waals surface area contributed by atoms with Gasteiger partial charge in [-0.3, -0.25) is 0 Å². The summed E-state index contributed by atoms with van der Waals surface area (Å²) in [5, 5.41) is 25.6. The first-order chi connectivity index (χ1) is 14.6. The molecule has 0 aromatic heterocycles. The maximum absolute atomic E-state index is 6.31. The monoisotopic (exact) mass is 446 g/mol. The number of hydrogen-bond acceptors (Lipinski definition) is 10. The van der Waals surface area contributed by atoms with Gasteiger partial charge in [0.1, 0.15) is 0 Å². The number of hydrogen-bond donors (Lipinski definition) is 8. The highest BCUT2D eigenvalue weighted by atomic mass is 35.5. The molecule has 2 aromatic rings. The summed E-state index contributed by atoms with van der Waals surface area (Å²) < 4.78 is 0. The molecule has 4 atom stereocenters. The molecule has 0 fully saturated rings. The molecule has 4 unspecified atom stereocenters. The highest BCUT2D eigenvalue weighted by Crippen LogP contribution is 2.20. The van der Waals surface area contributed by atoms with Crippen molar-refractivity contribution in [1.82, 2.24) is 21.3 Å². The van der Waals surface area contributed by atoms with Gasteiger partial charge in [-0.25, -0.2) is 20.6 Å². The first-order valence-corrected chi connectivity index (χ1v) is 10.2. The fourth-order valence-electron chi connectivity index (χ4n) is 3.26. The van der Waals surface area contributed by atoms with Crippen molar-refractivity contribution in [2.75, 3.05) is 21.3 Å². The van der Waals surface area contributed by atoms with E-state index in [1.165, 1.54) is 0 Å². The fourth-order valence-corrected chi connectivity index (χ4v) is 3.70. The standard InChI is InChI=1S/C18H20Cl2N10/c19-13-25-15-21-9-3-1-4-10(7-9)22-16-26-14(20)28-18(30-16)24-12-6-2-5-11(8-12)23-17(27-13)29-15/h1-8,13-16,21-22,25-26H,(H2,23,27,29)(H2,24,28,30). The second-order valence-corrected chi connectivity index (χ2v) is 7.68. The number of nitrogens with zero attached hydrogens (tertiary/aromatic N) is 2. The summed E-state index contributed by atoms with van der Waals surface area (Å²) in [5.74, 6) is 1.09. The highest BCUT2D eigenvalue weighted by molar-refractivity contribution is 6.22. The van der Waals surface area contributed by atoms with Gasteiger partial charge in [0.25, 0.3) is 0 Å². The van der Waals surface area contributed by atoms with E-state index in [-0.39, 0.29) is 0 Å². The largest absolute Gasteiger partial charge is 0.351 e. The van der Waals surface area contributed by atoms with E-state index in [4.69, 9.17) is 23.2 Å². The maximum Gasteiger partial charge on any atom is 0.201 e. The summed E-state index contributed by atoms with van der Waals surface area (Å²) in [6.45, 7) is 0. The Morgan fingerprint density at radius 2 is 1.03 bits per heavy atom. The Morgan fingerprint density at radius 3 is 1.53 bits per heavy atom. The van der Waals surface area contributed by atoms with Gasteiger partial charge in [-0.05, 0) is 36.4 Å². The Morgan fingerprint density at radius 1 is 0.600 bits per heavy atom. The molecule has 0 spiro atoms. The van der Waals surface area contributed by atoms with E-state index in [1.54, 1.807) is 0 Å². The molecule has 30 heavy (non-hydrogen) atoms. The minimum Gasteiger partial charge on any atom is -0.351 e. The van der Waals surface area contributed by atoms with Gasteiger partial charge in [0.05, 0.1) is 0 Å². The number of guanidine groups is 2. The molecule has 12 heteroatoms. The van der Waals surface area contributed by atoms with E-state index in [9.17, 15) is 0 Å². The van der Waals surface area contributed by atoms with Crippen LogP contribution in [-0.4, -0.2) is 35.7 Å². The normalized spacial score (nSPS) is 27.4. The molecule has 8 N–H and O–H groups in total. The van der Waals surface area contributed by atoms with Crippen LogP contribution in [-0.2, 0) is 0 Å². The van der Waals surface area contributed by atoms with Crippen LogP contribution in [0.2, 0.25) is 0 Å². The summed E-state index contributed by atoms with van der Waals surface area (Å²) in [7, 11) is 0. The number of fused-ring (bicyclic) bond motifs is 6. The van der Waals surface area contributed by atoms with Crippen LogP contribution >= 0.6 is 23.2 Å². The van der Waals surface area contributed by atoms with Gasteiger partial charge in [0, 0.05) is 22.7 Å². The lowest BCUT2D eigenvalue weighted by atomic mass is 10.2. The first kappa shape index (κ1) is 19.1. The predicted octanol–water partition coefficient (Wildman–Crippen LogP) is 1.76. The third-order valence-corrected chi connectivity index (χ3v) is 4.98. The van der Waals surface area contributed by atoms with Gasteiger partial charge in [0.2, 0.25) is 11.9 Å². The van der Waals surface area contributed by atoms with Crippen molar-refractivity contribution in [1.29, 1.82) is 0 Å². The van der Waals surface area contributed by atoms with Crippen LogP contribution in [0.1, 0.15) is 0 Å². The van der Waals surface area contributed by atoms with Gasteiger partial charge < -0.3 is 31.9 Å². The third kappa shape index (κ3) is 4.46. The van der Waals surface area contributed by atoms with E-state index in [1.807, 2.05) is 48.5 Å². The van der Waals surface area contributed by atoms with Gasteiger partial charge >= 0.3 is 0 Å². The second-order valence-electron chi connectivity index (χ2n) is 6.81. The second kappa shape index (κ2) is 8.07. The molecule has 156 valence electrons. The number of benzene rings is 2. The number of rotatable bonds is 0. The highest BCUT2D eigenvalue weighted by Gasteiger charge is 2.23. The van der Waals surface area contributed by atoms with E-state index < -0.39 is 23.8 Å². The van der Waals surface area contributed by atoms with E-state index in [2.05, 4.69) is 52.5 Å². The Balaban J connectivity index is 1.52. The molecule has 3 aliphatic rings. The number of aliphatic imine (C=N–C) groups is 2.